The van der Waals surface area contributed by atoms with E-state index in [-0.39, 0.29) is 5.56 Å². The molecule has 21 heavy (non-hydrogen) atoms. The number of carboxylic acid groups (broad SMARTS) is 1. The summed E-state index contributed by atoms with van der Waals surface area (Å²) < 4.78 is 0. The number of fused-ring (bicyclic) bond motifs is 1. The summed E-state index contributed by atoms with van der Waals surface area (Å²) in [4.78, 5) is 15.8. The molecule has 106 valence electrons. The number of hydrogen-bond acceptors (Lipinski definition) is 4. The van der Waals surface area contributed by atoms with Crippen LogP contribution in [0.3, 0.4) is 0 Å². The summed E-state index contributed by atoms with van der Waals surface area (Å²) in [5, 5.41) is 22.6. The lowest BCUT2D eigenvalue weighted by Gasteiger charge is -2.13. The van der Waals surface area contributed by atoms with Gasteiger partial charge in [-0.1, -0.05) is 17.7 Å². The highest BCUT2D eigenvalue weighted by atomic mass is 35.5. The van der Waals surface area contributed by atoms with Gasteiger partial charge in [0.05, 0.1) is 16.0 Å². The molecule has 2 heterocycles. The van der Waals surface area contributed by atoms with Crippen LogP contribution >= 0.6 is 22.9 Å². The Hall–Kier alpha value is -1.95. The van der Waals surface area contributed by atoms with Crippen molar-refractivity contribution in [1.29, 1.82) is 0 Å². The largest absolute Gasteiger partial charge is 0.478 e. The maximum Gasteiger partial charge on any atom is 0.336 e. The summed E-state index contributed by atoms with van der Waals surface area (Å²) in [5.41, 5.74) is 1.22. The molecular weight excluding hydrogens is 310 g/mol. The molecule has 0 aliphatic rings. The van der Waals surface area contributed by atoms with Crippen molar-refractivity contribution in [2.75, 3.05) is 0 Å². The third-order valence-corrected chi connectivity index (χ3v) is 4.52. The van der Waals surface area contributed by atoms with Crippen molar-refractivity contribution in [2.45, 2.75) is 6.10 Å². The van der Waals surface area contributed by atoms with Gasteiger partial charge in [-0.25, -0.2) is 4.79 Å². The smallest absolute Gasteiger partial charge is 0.336 e. The van der Waals surface area contributed by atoms with Crippen molar-refractivity contribution in [1.82, 2.24) is 4.98 Å². The Morgan fingerprint density at radius 2 is 2.10 bits per heavy atom. The van der Waals surface area contributed by atoms with Gasteiger partial charge in [-0.15, -0.1) is 11.3 Å². The number of aliphatic hydroxyl groups excluding tert-OH is 1. The predicted molar refractivity (Wildman–Crippen MR) is 82.1 cm³/mol. The summed E-state index contributed by atoms with van der Waals surface area (Å²) in [6.45, 7) is 0. The third kappa shape index (κ3) is 2.40. The van der Waals surface area contributed by atoms with Crippen LogP contribution in [0.4, 0.5) is 0 Å². The first-order valence-corrected chi connectivity index (χ1v) is 7.37. The summed E-state index contributed by atoms with van der Waals surface area (Å²) >= 11 is 7.33. The van der Waals surface area contributed by atoms with E-state index in [1.165, 1.54) is 17.4 Å². The molecule has 3 rings (SSSR count). The highest BCUT2D eigenvalue weighted by Crippen LogP contribution is 2.35. The fourth-order valence-corrected chi connectivity index (χ4v) is 3.34. The molecule has 1 unspecified atom stereocenters. The van der Waals surface area contributed by atoms with Crippen molar-refractivity contribution in [3.63, 3.8) is 0 Å². The Balaban J connectivity index is 2.18. The molecule has 0 bridgehead atoms. The first kappa shape index (κ1) is 14.0. The topological polar surface area (TPSA) is 70.4 Å². The van der Waals surface area contributed by atoms with Gasteiger partial charge in [0.1, 0.15) is 6.10 Å². The predicted octanol–water partition coefficient (Wildman–Crippen LogP) is 3.73. The van der Waals surface area contributed by atoms with Crippen LogP contribution < -0.4 is 0 Å². The van der Waals surface area contributed by atoms with Gasteiger partial charge in [-0.05, 0) is 29.6 Å². The standard InChI is InChI=1S/C15H10ClNO3S/c16-11-4-3-9(12-8(11)2-1-6-17-12)13(18)14-10(15(19)20)5-7-21-14/h1-7,13,18H,(H,19,20). The van der Waals surface area contributed by atoms with E-state index in [2.05, 4.69) is 4.98 Å². The highest BCUT2D eigenvalue weighted by Gasteiger charge is 2.22. The number of aromatic nitrogens is 1. The van der Waals surface area contributed by atoms with Gasteiger partial charge in [0.25, 0.3) is 0 Å². The monoisotopic (exact) mass is 319 g/mol. The summed E-state index contributed by atoms with van der Waals surface area (Å²) in [7, 11) is 0. The second-order valence-corrected chi connectivity index (χ2v) is 5.80. The van der Waals surface area contributed by atoms with E-state index in [9.17, 15) is 9.90 Å². The second-order valence-electron chi connectivity index (χ2n) is 4.44. The molecule has 0 spiro atoms. The van der Waals surface area contributed by atoms with Gasteiger partial charge in [0.15, 0.2) is 0 Å². The van der Waals surface area contributed by atoms with E-state index in [1.807, 2.05) is 6.07 Å². The molecular formula is C15H10ClNO3S. The number of hydrogen-bond donors (Lipinski definition) is 2. The molecule has 6 heteroatoms. The van der Waals surface area contributed by atoms with Gasteiger partial charge < -0.3 is 10.2 Å². The molecule has 2 aromatic heterocycles. The van der Waals surface area contributed by atoms with Gasteiger partial charge in [-0.3, -0.25) is 4.98 Å². The molecule has 2 N–H and O–H groups in total. The van der Waals surface area contributed by atoms with E-state index in [1.54, 1.807) is 29.8 Å². The van der Waals surface area contributed by atoms with Crippen LogP contribution in [0.15, 0.2) is 41.9 Å². The minimum atomic E-state index is -1.06. The second kappa shape index (κ2) is 5.44. The number of rotatable bonds is 3. The first-order valence-electron chi connectivity index (χ1n) is 6.11. The van der Waals surface area contributed by atoms with Crippen LogP contribution in [0.2, 0.25) is 5.02 Å². The Labute approximate surface area is 129 Å². The van der Waals surface area contributed by atoms with E-state index in [0.717, 1.165) is 5.39 Å². The molecule has 0 aliphatic heterocycles. The van der Waals surface area contributed by atoms with Crippen LogP contribution in [0, 0.1) is 0 Å². The number of pyridine rings is 1. The molecule has 0 radical (unpaired) electrons. The molecule has 0 saturated carbocycles. The van der Waals surface area contributed by atoms with E-state index < -0.39 is 12.1 Å². The van der Waals surface area contributed by atoms with Crippen molar-refractivity contribution < 1.29 is 15.0 Å². The van der Waals surface area contributed by atoms with Gasteiger partial charge in [-0.2, -0.15) is 0 Å². The van der Waals surface area contributed by atoms with Crippen LogP contribution in [-0.2, 0) is 0 Å². The van der Waals surface area contributed by atoms with Crippen molar-refractivity contribution in [3.05, 3.63) is 62.9 Å². The fourth-order valence-electron chi connectivity index (χ4n) is 2.23. The normalized spacial score (nSPS) is 12.5. The minimum absolute atomic E-state index is 0.103. The molecule has 4 nitrogen and oxygen atoms in total. The SMILES string of the molecule is O=C(O)c1ccsc1C(O)c1ccc(Cl)c2cccnc12. The molecule has 0 aliphatic carbocycles. The molecule has 1 aromatic carbocycles. The van der Waals surface area contributed by atoms with Crippen LogP contribution in [0.1, 0.15) is 26.9 Å². The van der Waals surface area contributed by atoms with Crippen LogP contribution in [0.25, 0.3) is 10.9 Å². The average molecular weight is 320 g/mol. The first-order chi connectivity index (χ1) is 10.1. The van der Waals surface area contributed by atoms with Gasteiger partial charge in [0, 0.05) is 22.2 Å². The maximum atomic E-state index is 11.2. The lowest BCUT2D eigenvalue weighted by Crippen LogP contribution is -2.05. The molecule has 0 fully saturated rings. The lowest BCUT2D eigenvalue weighted by atomic mass is 10.0. The van der Waals surface area contributed by atoms with Crippen molar-refractivity contribution in [2.24, 2.45) is 0 Å². The zero-order chi connectivity index (χ0) is 15.0. The molecule has 0 amide bonds. The number of carbonyl (C=O) groups is 1. The fraction of sp³-hybridized carbons (Fsp3) is 0.0667. The van der Waals surface area contributed by atoms with E-state index in [4.69, 9.17) is 16.7 Å². The number of benzene rings is 1. The number of carboxylic acids is 1. The van der Waals surface area contributed by atoms with Crippen LogP contribution in [0.5, 0.6) is 0 Å². The van der Waals surface area contributed by atoms with Crippen molar-refractivity contribution >= 4 is 39.8 Å². The van der Waals surface area contributed by atoms with Gasteiger partial charge >= 0.3 is 5.97 Å². The van der Waals surface area contributed by atoms with Crippen molar-refractivity contribution in [3.8, 4) is 0 Å². The Morgan fingerprint density at radius 1 is 1.29 bits per heavy atom. The molecule has 1 atom stereocenters. The third-order valence-electron chi connectivity index (χ3n) is 3.22. The zero-order valence-corrected chi connectivity index (χ0v) is 12.2. The zero-order valence-electron chi connectivity index (χ0n) is 10.7. The quantitative estimate of drug-likeness (QED) is 0.771. The Morgan fingerprint density at radius 3 is 2.86 bits per heavy atom. The summed E-state index contributed by atoms with van der Waals surface area (Å²) in [6.07, 6.45) is 0.562. The van der Waals surface area contributed by atoms with Gasteiger partial charge in [0.2, 0.25) is 0 Å². The number of aromatic carboxylic acids is 1. The lowest BCUT2D eigenvalue weighted by molar-refractivity contribution is 0.0692. The summed E-state index contributed by atoms with van der Waals surface area (Å²) in [5.74, 6) is -1.06. The van der Waals surface area contributed by atoms with Crippen LogP contribution in [-0.4, -0.2) is 21.2 Å². The molecule has 0 saturated heterocycles. The Kier molecular flexibility index (Phi) is 3.63. The number of nitrogens with zero attached hydrogens (tertiary/aromatic N) is 1. The average Bonchev–Trinajstić information content (AvgIpc) is 2.97. The molecule has 3 aromatic rings. The number of thiophene rings is 1. The highest BCUT2D eigenvalue weighted by molar-refractivity contribution is 7.10. The minimum Gasteiger partial charge on any atom is -0.478 e. The maximum absolute atomic E-state index is 11.2. The van der Waals surface area contributed by atoms with E-state index in [0.29, 0.717) is 21.0 Å². The Bertz CT molecular complexity index is 831. The van der Waals surface area contributed by atoms with E-state index >= 15 is 0 Å². The summed E-state index contributed by atoms with van der Waals surface area (Å²) in [6, 6.07) is 8.41. The number of aliphatic hydroxyl groups is 1. The number of halogens is 1.